The fourth-order valence-corrected chi connectivity index (χ4v) is 3.07. The lowest BCUT2D eigenvalue weighted by molar-refractivity contribution is -0.122. The van der Waals surface area contributed by atoms with Crippen molar-refractivity contribution in [2.75, 3.05) is 12.0 Å². The maximum atomic E-state index is 12.3. The average molecular weight is 349 g/mol. The highest BCUT2D eigenvalue weighted by Crippen LogP contribution is 2.32. The van der Waals surface area contributed by atoms with Crippen molar-refractivity contribution in [2.45, 2.75) is 6.92 Å². The number of carbonyl (C=O) groups excluding carboxylic acids is 2. The molecule has 0 aliphatic carbocycles. The second kappa shape index (κ2) is 6.52. The number of imide groups is 1. The first kappa shape index (κ1) is 15.7. The second-order valence-electron chi connectivity index (χ2n) is 4.90. The Morgan fingerprint density at radius 1 is 1.30 bits per heavy atom. The SMILES string of the molecule is Cc1ccc(/C=C2/SC(=O)N(CNc3cccc(Cl)c3)C2=O)o1. The lowest BCUT2D eigenvalue weighted by Crippen LogP contribution is -2.33. The molecule has 0 radical (unpaired) electrons. The summed E-state index contributed by atoms with van der Waals surface area (Å²) in [4.78, 5) is 25.8. The van der Waals surface area contributed by atoms with Crippen LogP contribution in [0, 0.1) is 6.92 Å². The summed E-state index contributed by atoms with van der Waals surface area (Å²) in [6.07, 6.45) is 1.58. The predicted molar refractivity (Wildman–Crippen MR) is 91.2 cm³/mol. The van der Waals surface area contributed by atoms with E-state index in [1.54, 1.807) is 36.4 Å². The van der Waals surface area contributed by atoms with Gasteiger partial charge in [0, 0.05) is 16.8 Å². The van der Waals surface area contributed by atoms with E-state index in [9.17, 15) is 9.59 Å². The van der Waals surface area contributed by atoms with Crippen LogP contribution in [-0.4, -0.2) is 22.7 Å². The third-order valence-corrected chi connectivity index (χ3v) is 4.32. The smallest absolute Gasteiger partial charge is 0.295 e. The average Bonchev–Trinajstić information content (AvgIpc) is 3.02. The van der Waals surface area contributed by atoms with Gasteiger partial charge >= 0.3 is 0 Å². The molecule has 1 aromatic heterocycles. The Morgan fingerprint density at radius 2 is 2.13 bits per heavy atom. The Bertz CT molecular complexity index is 800. The fourth-order valence-electron chi connectivity index (χ4n) is 2.07. The maximum absolute atomic E-state index is 12.3. The van der Waals surface area contributed by atoms with Gasteiger partial charge in [0.1, 0.15) is 11.5 Å². The van der Waals surface area contributed by atoms with Gasteiger partial charge in [-0.2, -0.15) is 0 Å². The molecule has 1 aliphatic heterocycles. The van der Waals surface area contributed by atoms with Gasteiger partial charge in [-0.25, -0.2) is 0 Å². The van der Waals surface area contributed by atoms with E-state index in [0.717, 1.165) is 28.1 Å². The van der Waals surface area contributed by atoms with Crippen LogP contribution in [0.1, 0.15) is 11.5 Å². The minimum absolute atomic E-state index is 0.0829. The second-order valence-corrected chi connectivity index (χ2v) is 6.33. The predicted octanol–water partition coefficient (Wildman–Crippen LogP) is 4.35. The topological polar surface area (TPSA) is 62.6 Å². The molecule has 3 rings (SSSR count). The zero-order chi connectivity index (χ0) is 16.4. The van der Waals surface area contributed by atoms with Crippen LogP contribution in [-0.2, 0) is 4.79 Å². The van der Waals surface area contributed by atoms with E-state index >= 15 is 0 Å². The van der Waals surface area contributed by atoms with Crippen molar-refractivity contribution >= 4 is 46.3 Å². The molecule has 1 aromatic carbocycles. The molecule has 1 fully saturated rings. The van der Waals surface area contributed by atoms with Gasteiger partial charge in [-0.3, -0.25) is 14.5 Å². The van der Waals surface area contributed by atoms with Crippen LogP contribution >= 0.6 is 23.4 Å². The van der Waals surface area contributed by atoms with Gasteiger partial charge in [0.2, 0.25) is 0 Å². The molecule has 23 heavy (non-hydrogen) atoms. The molecule has 0 bridgehead atoms. The zero-order valence-corrected chi connectivity index (χ0v) is 13.8. The van der Waals surface area contributed by atoms with Gasteiger partial charge in [0.25, 0.3) is 11.1 Å². The highest BCUT2D eigenvalue weighted by molar-refractivity contribution is 8.18. The first-order valence-corrected chi connectivity index (χ1v) is 8.03. The highest BCUT2D eigenvalue weighted by atomic mass is 35.5. The van der Waals surface area contributed by atoms with Gasteiger partial charge in [-0.15, -0.1) is 0 Å². The Labute approximate surface area is 142 Å². The van der Waals surface area contributed by atoms with E-state index in [1.807, 2.05) is 13.0 Å². The van der Waals surface area contributed by atoms with Crippen LogP contribution in [0.25, 0.3) is 6.08 Å². The van der Waals surface area contributed by atoms with E-state index in [-0.39, 0.29) is 17.8 Å². The Kier molecular flexibility index (Phi) is 4.45. The number of nitrogens with one attached hydrogen (secondary N) is 1. The summed E-state index contributed by atoms with van der Waals surface area (Å²) in [5.41, 5.74) is 0.738. The number of carbonyl (C=O) groups is 2. The summed E-state index contributed by atoms with van der Waals surface area (Å²) in [6.45, 7) is 1.90. The molecule has 5 nitrogen and oxygen atoms in total. The van der Waals surface area contributed by atoms with Crippen molar-refractivity contribution in [3.8, 4) is 0 Å². The van der Waals surface area contributed by atoms with Crippen LogP contribution in [0.3, 0.4) is 0 Å². The van der Waals surface area contributed by atoms with E-state index in [4.69, 9.17) is 16.0 Å². The summed E-state index contributed by atoms with van der Waals surface area (Å²) in [5, 5.41) is 3.27. The van der Waals surface area contributed by atoms with Gasteiger partial charge in [0.15, 0.2) is 0 Å². The van der Waals surface area contributed by atoms with Crippen LogP contribution in [0.2, 0.25) is 5.02 Å². The number of benzene rings is 1. The van der Waals surface area contributed by atoms with Crippen LogP contribution in [0.15, 0.2) is 45.7 Å². The largest absolute Gasteiger partial charge is 0.462 e. The molecular weight excluding hydrogens is 336 g/mol. The molecule has 118 valence electrons. The normalized spacial score (nSPS) is 16.4. The van der Waals surface area contributed by atoms with Crippen molar-refractivity contribution in [3.05, 3.63) is 57.8 Å². The van der Waals surface area contributed by atoms with Crippen molar-refractivity contribution in [1.82, 2.24) is 4.90 Å². The first-order valence-electron chi connectivity index (χ1n) is 6.84. The number of nitrogens with zero attached hydrogens (tertiary/aromatic N) is 1. The van der Waals surface area contributed by atoms with E-state index < -0.39 is 0 Å². The molecule has 1 N–H and O–H groups in total. The lowest BCUT2D eigenvalue weighted by atomic mass is 10.3. The number of halogens is 1. The van der Waals surface area contributed by atoms with Gasteiger partial charge in [0.05, 0.1) is 11.6 Å². The Balaban J connectivity index is 1.70. The van der Waals surface area contributed by atoms with E-state index in [2.05, 4.69) is 5.32 Å². The van der Waals surface area contributed by atoms with E-state index in [1.165, 1.54) is 0 Å². The van der Waals surface area contributed by atoms with E-state index in [0.29, 0.717) is 15.7 Å². The first-order chi connectivity index (χ1) is 11.0. The lowest BCUT2D eigenvalue weighted by Gasteiger charge is -2.14. The Morgan fingerprint density at radius 3 is 2.83 bits per heavy atom. The molecular formula is C16H13ClN2O3S. The van der Waals surface area contributed by atoms with Crippen molar-refractivity contribution < 1.29 is 14.0 Å². The van der Waals surface area contributed by atoms with Crippen molar-refractivity contribution in [2.24, 2.45) is 0 Å². The van der Waals surface area contributed by atoms with Crippen molar-refractivity contribution in [1.29, 1.82) is 0 Å². The third-order valence-electron chi connectivity index (χ3n) is 3.17. The standard InChI is InChI=1S/C16H13ClN2O3S/c1-10-5-6-13(22-10)8-14-15(20)19(16(21)23-14)9-18-12-4-2-3-11(17)7-12/h2-8,18H,9H2,1H3/b14-8+. The zero-order valence-electron chi connectivity index (χ0n) is 12.2. The monoisotopic (exact) mass is 348 g/mol. The molecule has 2 amide bonds. The number of furan rings is 1. The van der Waals surface area contributed by atoms with Gasteiger partial charge in [-0.05, 0) is 49.0 Å². The maximum Gasteiger partial charge on any atom is 0.295 e. The van der Waals surface area contributed by atoms with Gasteiger partial charge < -0.3 is 9.73 Å². The molecule has 1 aliphatic rings. The number of rotatable bonds is 4. The summed E-state index contributed by atoms with van der Waals surface area (Å²) in [6, 6.07) is 10.6. The highest BCUT2D eigenvalue weighted by Gasteiger charge is 2.35. The molecule has 7 heteroatoms. The molecule has 2 heterocycles. The summed E-state index contributed by atoms with van der Waals surface area (Å²) >= 11 is 6.80. The van der Waals surface area contributed by atoms with Gasteiger partial charge in [-0.1, -0.05) is 17.7 Å². The minimum Gasteiger partial charge on any atom is -0.462 e. The summed E-state index contributed by atoms with van der Waals surface area (Å²) < 4.78 is 5.40. The Hall–Kier alpha value is -2.18. The number of anilines is 1. The molecule has 0 spiro atoms. The molecule has 0 atom stereocenters. The molecule has 0 saturated carbocycles. The molecule has 2 aromatic rings. The number of hydrogen-bond donors (Lipinski definition) is 1. The van der Waals surface area contributed by atoms with Crippen LogP contribution in [0.5, 0.6) is 0 Å². The number of hydrogen-bond acceptors (Lipinski definition) is 5. The third kappa shape index (κ3) is 3.60. The van der Waals surface area contributed by atoms with Crippen LogP contribution in [0.4, 0.5) is 10.5 Å². The van der Waals surface area contributed by atoms with Crippen molar-refractivity contribution in [3.63, 3.8) is 0 Å². The molecule has 1 saturated heterocycles. The number of aryl methyl sites for hydroxylation is 1. The number of thioether (sulfide) groups is 1. The summed E-state index contributed by atoms with van der Waals surface area (Å²) in [5.74, 6) is 0.956. The molecule has 0 unspecified atom stereocenters. The fraction of sp³-hybridized carbons (Fsp3) is 0.125. The quantitative estimate of drug-likeness (QED) is 0.832. The minimum atomic E-state index is -0.344. The van der Waals surface area contributed by atoms with Crippen LogP contribution < -0.4 is 5.32 Å². The number of amides is 2. The summed E-state index contributed by atoms with van der Waals surface area (Å²) in [7, 11) is 0.